The van der Waals surface area contributed by atoms with Gasteiger partial charge in [-0.2, -0.15) is 0 Å². The maximum atomic E-state index is 9.45. The predicted octanol–water partition coefficient (Wildman–Crippen LogP) is 14.6. The first kappa shape index (κ1) is 20.8. The molecule has 1 nitrogen and oxygen atoms in total. The molecule has 0 fully saturated rings. The van der Waals surface area contributed by atoms with E-state index in [9.17, 15) is 5.48 Å². The van der Waals surface area contributed by atoms with Crippen molar-refractivity contribution in [1.29, 1.82) is 0 Å². The van der Waals surface area contributed by atoms with Gasteiger partial charge in [0.2, 0.25) is 0 Å². The Morgan fingerprint density at radius 1 is 0.264 bits per heavy atom. The van der Waals surface area contributed by atoms with Crippen LogP contribution in [-0.2, 0) is 0 Å². The molecule has 0 unspecified atom stereocenters. The monoisotopic (exact) mass is 688 g/mol. The van der Waals surface area contributed by atoms with E-state index in [1.165, 1.54) is 0 Å². The van der Waals surface area contributed by atoms with Gasteiger partial charge in [0, 0.05) is 17.1 Å². The molecule has 0 heterocycles. The first-order valence-corrected chi connectivity index (χ1v) is 17.1. The van der Waals surface area contributed by atoms with Crippen molar-refractivity contribution in [2.45, 2.75) is 0 Å². The molecule has 0 aromatic heterocycles. The van der Waals surface area contributed by atoms with Crippen molar-refractivity contribution in [2.24, 2.45) is 0 Å². The van der Waals surface area contributed by atoms with E-state index in [-0.39, 0.29) is 5.69 Å². The van der Waals surface area contributed by atoms with Crippen LogP contribution in [0.15, 0.2) is 224 Å². The second kappa shape index (κ2) is 14.3. The standard InChI is InChI=1S/C52H37N/c1-3-10-38(11-4-1)41-18-20-42(21-19-41)44-26-32-51(33-27-44)53(50-30-24-43(25-31-50)39-12-5-2-6-13-39)52-34-28-45(29-35-52)47-16-9-17-48(36-47)49-23-22-40-14-7-8-15-46(40)37-49/h1-37H/i1D,3D,4D,10D,11D,18D,19D,20D,21D,26D,27D,32D,33D. The van der Waals surface area contributed by atoms with Gasteiger partial charge in [-0.1, -0.05) is 176 Å². The van der Waals surface area contributed by atoms with E-state index >= 15 is 0 Å². The van der Waals surface area contributed by atoms with E-state index in [1.54, 1.807) is 4.90 Å². The zero-order chi connectivity index (χ0) is 46.7. The molecule has 0 N–H and O–H groups in total. The molecule has 0 aliphatic heterocycles. The van der Waals surface area contributed by atoms with E-state index in [2.05, 4.69) is 42.5 Å². The van der Waals surface area contributed by atoms with Crippen LogP contribution in [0.3, 0.4) is 0 Å². The number of hydrogen-bond acceptors (Lipinski definition) is 1. The van der Waals surface area contributed by atoms with Crippen molar-refractivity contribution in [2.75, 3.05) is 4.90 Å². The van der Waals surface area contributed by atoms with Crippen molar-refractivity contribution in [3.05, 3.63) is 224 Å². The van der Waals surface area contributed by atoms with E-state index in [0.29, 0.717) is 11.4 Å². The SMILES string of the molecule is [2H]c1c([2H])c([2H])c(-c2c([2H])c([2H])c(-c3c([2H])c([2H])c(N(c4ccc(-c5ccccc5)cc4)c4ccc(-c5cccc(-c6ccc7ccccc7c6)c5)cc4)c([2H])c3[2H])c([2H])c2[2H])c([2H])c1[2H]. The highest BCUT2D eigenvalue weighted by Gasteiger charge is 2.14. The predicted molar refractivity (Wildman–Crippen MR) is 226 cm³/mol. The second-order valence-electron chi connectivity index (χ2n) is 12.4. The summed E-state index contributed by atoms with van der Waals surface area (Å²) < 4.78 is 115. The average Bonchev–Trinajstić information content (AvgIpc) is 3.35. The minimum absolute atomic E-state index is 0.127. The summed E-state index contributed by atoms with van der Waals surface area (Å²) in [5.74, 6) is 0. The fraction of sp³-hybridized carbons (Fsp3) is 0. The first-order valence-electron chi connectivity index (χ1n) is 23.6. The lowest BCUT2D eigenvalue weighted by Gasteiger charge is -2.26. The van der Waals surface area contributed by atoms with Crippen LogP contribution in [0.25, 0.3) is 66.4 Å². The Hall–Kier alpha value is -6.96. The van der Waals surface area contributed by atoms with Gasteiger partial charge < -0.3 is 4.90 Å². The molecule has 9 aromatic rings. The Morgan fingerprint density at radius 3 is 1.32 bits per heavy atom. The van der Waals surface area contributed by atoms with Gasteiger partial charge in [0.15, 0.2) is 0 Å². The van der Waals surface area contributed by atoms with Crippen LogP contribution in [0, 0.1) is 0 Å². The lowest BCUT2D eigenvalue weighted by Crippen LogP contribution is -2.09. The Labute approximate surface area is 330 Å². The lowest BCUT2D eigenvalue weighted by atomic mass is 9.97. The largest absolute Gasteiger partial charge is 0.311 e. The Kier molecular flexibility index (Phi) is 5.62. The molecule has 0 spiro atoms. The summed E-state index contributed by atoms with van der Waals surface area (Å²) in [6, 6.07) is 38.5. The third-order valence-corrected chi connectivity index (χ3v) is 9.10. The number of fused-ring (bicyclic) bond motifs is 1. The summed E-state index contributed by atoms with van der Waals surface area (Å²) in [6.45, 7) is 0. The minimum Gasteiger partial charge on any atom is -0.311 e. The first-order chi connectivity index (χ1) is 31.7. The maximum absolute atomic E-state index is 9.45. The van der Waals surface area contributed by atoms with Gasteiger partial charge >= 0.3 is 0 Å². The van der Waals surface area contributed by atoms with Gasteiger partial charge in [-0.25, -0.2) is 0 Å². The summed E-state index contributed by atoms with van der Waals surface area (Å²) in [5, 5.41) is 2.29. The highest BCUT2D eigenvalue weighted by Crippen LogP contribution is 2.38. The van der Waals surface area contributed by atoms with Gasteiger partial charge in [-0.05, 0) is 115 Å². The van der Waals surface area contributed by atoms with Crippen molar-refractivity contribution in [1.82, 2.24) is 0 Å². The van der Waals surface area contributed by atoms with E-state index < -0.39 is 101 Å². The molecule has 9 rings (SSSR count). The van der Waals surface area contributed by atoms with E-state index in [0.717, 1.165) is 44.2 Å². The molecule has 0 saturated heterocycles. The van der Waals surface area contributed by atoms with E-state index in [4.69, 9.17) is 12.3 Å². The summed E-state index contributed by atoms with van der Waals surface area (Å²) in [5.41, 5.74) is 4.64. The molecule has 0 bridgehead atoms. The number of benzene rings is 9. The molecule has 0 radical (unpaired) electrons. The number of rotatable bonds is 8. The molecule has 0 aliphatic rings. The zero-order valence-corrected chi connectivity index (χ0v) is 28.3. The molecule has 0 saturated carbocycles. The number of hydrogen-bond donors (Lipinski definition) is 0. The van der Waals surface area contributed by atoms with Crippen LogP contribution in [0.5, 0.6) is 0 Å². The fourth-order valence-electron chi connectivity index (χ4n) is 6.37. The lowest BCUT2D eigenvalue weighted by molar-refractivity contribution is 1.28. The van der Waals surface area contributed by atoms with Crippen LogP contribution in [-0.4, -0.2) is 0 Å². The normalized spacial score (nSPS) is 14.5. The van der Waals surface area contributed by atoms with Crippen molar-refractivity contribution in [3.8, 4) is 55.6 Å². The van der Waals surface area contributed by atoms with Crippen LogP contribution in [0.4, 0.5) is 17.1 Å². The van der Waals surface area contributed by atoms with Crippen molar-refractivity contribution >= 4 is 27.8 Å². The number of nitrogens with zero attached hydrogens (tertiary/aromatic N) is 1. The maximum Gasteiger partial charge on any atom is 0.0645 e. The summed E-state index contributed by atoms with van der Waals surface area (Å²) in [6.07, 6.45) is 0. The molecular weight excluding hydrogens is 639 g/mol. The third kappa shape index (κ3) is 6.77. The van der Waals surface area contributed by atoms with Crippen LogP contribution in [0.2, 0.25) is 0 Å². The van der Waals surface area contributed by atoms with Gasteiger partial charge in [-0.15, -0.1) is 0 Å². The molecule has 0 atom stereocenters. The quantitative estimate of drug-likeness (QED) is 0.154. The highest BCUT2D eigenvalue weighted by molar-refractivity contribution is 5.88. The van der Waals surface area contributed by atoms with Gasteiger partial charge in [0.1, 0.15) is 0 Å². The molecular formula is C52H37N. The zero-order valence-electron chi connectivity index (χ0n) is 41.3. The second-order valence-corrected chi connectivity index (χ2v) is 12.4. The van der Waals surface area contributed by atoms with Crippen LogP contribution < -0.4 is 4.90 Å². The molecule has 1 heteroatoms. The summed E-state index contributed by atoms with van der Waals surface area (Å²) in [7, 11) is 0. The van der Waals surface area contributed by atoms with Crippen molar-refractivity contribution in [3.63, 3.8) is 0 Å². The summed E-state index contributed by atoms with van der Waals surface area (Å²) in [4.78, 5) is 1.62. The molecule has 250 valence electrons. The Bertz CT molecular complexity index is 3300. The molecule has 0 amide bonds. The fourth-order valence-corrected chi connectivity index (χ4v) is 6.37. The van der Waals surface area contributed by atoms with Crippen molar-refractivity contribution < 1.29 is 17.8 Å². The molecule has 53 heavy (non-hydrogen) atoms. The number of anilines is 3. The van der Waals surface area contributed by atoms with Gasteiger partial charge in [-0.3, -0.25) is 0 Å². The Balaban J connectivity index is 1.17. The van der Waals surface area contributed by atoms with Crippen LogP contribution >= 0.6 is 0 Å². The minimum atomic E-state index is -0.770. The highest BCUT2D eigenvalue weighted by atomic mass is 15.1. The molecule has 0 aliphatic carbocycles. The topological polar surface area (TPSA) is 3.24 Å². The Morgan fingerprint density at radius 2 is 0.698 bits per heavy atom. The smallest absolute Gasteiger partial charge is 0.0645 e. The van der Waals surface area contributed by atoms with Gasteiger partial charge in [0.25, 0.3) is 0 Å². The third-order valence-electron chi connectivity index (χ3n) is 9.10. The summed E-state index contributed by atoms with van der Waals surface area (Å²) >= 11 is 0. The van der Waals surface area contributed by atoms with E-state index in [1.807, 2.05) is 103 Å². The van der Waals surface area contributed by atoms with Crippen LogP contribution in [0.1, 0.15) is 17.8 Å². The van der Waals surface area contributed by atoms with Gasteiger partial charge in [0.05, 0.1) is 17.8 Å². The molecule has 9 aromatic carbocycles. The average molecular weight is 689 g/mol.